The molecule has 0 saturated carbocycles. The van der Waals surface area contributed by atoms with Crippen LogP contribution in [-0.2, 0) is 28.8 Å². The Morgan fingerprint density at radius 2 is 1.58 bits per heavy atom. The number of aliphatic carboxylic acids is 1. The topological polar surface area (TPSA) is 193 Å². The summed E-state index contributed by atoms with van der Waals surface area (Å²) in [5, 5.41) is 12.0. The standard InChI is InChI=1S/C26H45N5O7/c1-8-16(27)21(32)25(36)31(18(12-13(2)3)22(33)29-20(15(6)7)26(37)38)23(34)17-10-9-11-30(17)24(35)19(28)14(4)5/h13-20H,8-12,27-28H2,1-7H3,(H,29,33)(H,37,38)/t16?,17-,18+,19-,20-/m0/s1. The molecule has 1 fully saturated rings. The van der Waals surface area contributed by atoms with Crippen LogP contribution in [0, 0.1) is 17.8 Å². The van der Waals surface area contributed by atoms with Crippen molar-refractivity contribution < 1.29 is 33.9 Å². The van der Waals surface area contributed by atoms with Crippen LogP contribution in [0.2, 0.25) is 0 Å². The van der Waals surface area contributed by atoms with Crippen molar-refractivity contribution in [3.05, 3.63) is 0 Å². The van der Waals surface area contributed by atoms with Gasteiger partial charge < -0.3 is 26.8 Å². The molecule has 1 aliphatic heterocycles. The summed E-state index contributed by atoms with van der Waals surface area (Å²) < 4.78 is 0. The van der Waals surface area contributed by atoms with E-state index >= 15 is 0 Å². The molecule has 6 N–H and O–H groups in total. The number of imide groups is 1. The van der Waals surface area contributed by atoms with E-state index < -0.39 is 71.5 Å². The van der Waals surface area contributed by atoms with Gasteiger partial charge in [-0.1, -0.05) is 48.5 Å². The van der Waals surface area contributed by atoms with Gasteiger partial charge in [0.05, 0.1) is 12.1 Å². The van der Waals surface area contributed by atoms with Crippen molar-refractivity contribution in [2.24, 2.45) is 29.2 Å². The highest BCUT2D eigenvalue weighted by molar-refractivity contribution is 6.41. The van der Waals surface area contributed by atoms with Gasteiger partial charge in [-0.25, -0.2) is 4.79 Å². The predicted molar refractivity (Wildman–Crippen MR) is 140 cm³/mol. The van der Waals surface area contributed by atoms with Crippen molar-refractivity contribution in [3.63, 3.8) is 0 Å². The molecule has 38 heavy (non-hydrogen) atoms. The van der Waals surface area contributed by atoms with Crippen LogP contribution in [-0.4, -0.2) is 87.0 Å². The minimum Gasteiger partial charge on any atom is -0.480 e. The van der Waals surface area contributed by atoms with E-state index in [9.17, 15) is 33.9 Å². The molecule has 0 aromatic heterocycles. The highest BCUT2D eigenvalue weighted by Crippen LogP contribution is 2.25. The zero-order valence-electron chi connectivity index (χ0n) is 23.6. The number of carbonyl (C=O) groups is 6. The van der Waals surface area contributed by atoms with Gasteiger partial charge in [0.15, 0.2) is 0 Å². The van der Waals surface area contributed by atoms with Crippen molar-refractivity contribution in [2.75, 3.05) is 6.54 Å². The number of amides is 4. The number of hydrogen-bond acceptors (Lipinski definition) is 8. The lowest BCUT2D eigenvalue weighted by molar-refractivity contribution is -0.161. The first-order chi connectivity index (χ1) is 17.6. The van der Waals surface area contributed by atoms with E-state index in [1.165, 1.54) is 4.90 Å². The lowest BCUT2D eigenvalue weighted by Gasteiger charge is -2.36. The number of ketones is 1. The molecule has 0 aromatic carbocycles. The molecule has 1 heterocycles. The molecule has 0 aromatic rings. The summed E-state index contributed by atoms with van der Waals surface area (Å²) in [6.07, 6.45) is 0.772. The summed E-state index contributed by atoms with van der Waals surface area (Å²) in [4.78, 5) is 80.6. The Bertz CT molecular complexity index is 904. The number of Topliss-reactive ketones (excluding diaryl/α,β-unsaturated/α-hetero) is 1. The van der Waals surface area contributed by atoms with Crippen molar-refractivity contribution in [2.45, 2.75) is 104 Å². The van der Waals surface area contributed by atoms with Crippen LogP contribution in [0.4, 0.5) is 0 Å². The molecule has 1 rings (SSSR count). The Morgan fingerprint density at radius 1 is 1.00 bits per heavy atom. The molecule has 0 spiro atoms. The SMILES string of the molecule is CCC(N)C(=O)C(=O)N(C(=O)[C@@H]1CCCN1C(=O)[C@@H](N)C(C)C)[C@H](CC(C)C)C(=O)N[C@H](C(=O)O)C(C)C. The largest absolute Gasteiger partial charge is 0.480 e. The fourth-order valence-corrected chi connectivity index (χ4v) is 4.32. The molecule has 0 bridgehead atoms. The molecular weight excluding hydrogens is 494 g/mol. The molecule has 12 heteroatoms. The van der Waals surface area contributed by atoms with Crippen LogP contribution < -0.4 is 16.8 Å². The second kappa shape index (κ2) is 14.3. The Kier molecular flexibility index (Phi) is 12.5. The fraction of sp³-hybridized carbons (Fsp3) is 0.769. The third-order valence-electron chi connectivity index (χ3n) is 6.81. The second-order valence-corrected chi connectivity index (χ2v) is 11.1. The lowest BCUT2D eigenvalue weighted by Crippen LogP contribution is -2.62. The van der Waals surface area contributed by atoms with Gasteiger partial charge >= 0.3 is 5.97 Å². The first-order valence-electron chi connectivity index (χ1n) is 13.3. The van der Waals surface area contributed by atoms with Crippen molar-refractivity contribution in [1.29, 1.82) is 0 Å². The number of nitrogens with two attached hydrogens (primary N) is 2. The molecule has 5 atom stereocenters. The number of nitrogens with one attached hydrogen (secondary N) is 1. The molecule has 1 unspecified atom stereocenters. The van der Waals surface area contributed by atoms with Gasteiger partial charge in [-0.05, 0) is 43.4 Å². The number of likely N-dealkylation sites (tertiary alicyclic amines) is 1. The van der Waals surface area contributed by atoms with Gasteiger partial charge in [-0.2, -0.15) is 0 Å². The molecule has 1 saturated heterocycles. The van der Waals surface area contributed by atoms with Crippen LogP contribution >= 0.6 is 0 Å². The molecule has 4 amide bonds. The molecule has 216 valence electrons. The maximum atomic E-state index is 14.0. The third kappa shape index (κ3) is 8.07. The van der Waals surface area contributed by atoms with Crippen LogP contribution in [0.5, 0.6) is 0 Å². The van der Waals surface area contributed by atoms with Crippen molar-refractivity contribution >= 4 is 35.4 Å². The van der Waals surface area contributed by atoms with Crippen LogP contribution in [0.1, 0.15) is 74.1 Å². The number of rotatable bonds is 13. The van der Waals surface area contributed by atoms with Gasteiger partial charge in [-0.3, -0.25) is 28.9 Å². The van der Waals surface area contributed by atoms with Gasteiger partial charge in [0, 0.05) is 6.54 Å². The quantitative estimate of drug-likeness (QED) is 0.238. The zero-order valence-corrected chi connectivity index (χ0v) is 23.6. The first-order valence-corrected chi connectivity index (χ1v) is 13.3. The van der Waals surface area contributed by atoms with Gasteiger partial charge in [0.25, 0.3) is 11.8 Å². The van der Waals surface area contributed by atoms with E-state index in [0.29, 0.717) is 11.3 Å². The number of nitrogens with zero attached hydrogens (tertiary/aromatic N) is 2. The van der Waals surface area contributed by atoms with Crippen LogP contribution in [0.15, 0.2) is 0 Å². The van der Waals surface area contributed by atoms with E-state index in [2.05, 4.69) is 5.32 Å². The molecular formula is C26H45N5O7. The van der Waals surface area contributed by atoms with Gasteiger partial charge in [0.1, 0.15) is 18.1 Å². The number of hydrogen-bond donors (Lipinski definition) is 4. The summed E-state index contributed by atoms with van der Waals surface area (Å²) in [7, 11) is 0. The van der Waals surface area contributed by atoms with Crippen molar-refractivity contribution in [1.82, 2.24) is 15.1 Å². The smallest absolute Gasteiger partial charge is 0.326 e. The Labute approximate surface area is 224 Å². The Balaban J connectivity index is 3.59. The van der Waals surface area contributed by atoms with Gasteiger partial charge in [0.2, 0.25) is 17.6 Å². The van der Waals surface area contributed by atoms with E-state index in [-0.39, 0.29) is 37.6 Å². The maximum absolute atomic E-state index is 14.0. The summed E-state index contributed by atoms with van der Waals surface area (Å²) in [5.41, 5.74) is 11.9. The molecule has 12 nitrogen and oxygen atoms in total. The highest BCUT2D eigenvalue weighted by Gasteiger charge is 2.46. The zero-order chi connectivity index (χ0) is 29.5. The van der Waals surface area contributed by atoms with Crippen LogP contribution in [0.25, 0.3) is 0 Å². The monoisotopic (exact) mass is 539 g/mol. The van der Waals surface area contributed by atoms with E-state index in [1.807, 2.05) is 0 Å². The summed E-state index contributed by atoms with van der Waals surface area (Å²) in [5.74, 6) is -6.72. The summed E-state index contributed by atoms with van der Waals surface area (Å²) in [6, 6.07) is -5.95. The number of carboxylic acids is 1. The average Bonchev–Trinajstić information content (AvgIpc) is 3.33. The van der Waals surface area contributed by atoms with Crippen LogP contribution in [0.3, 0.4) is 0 Å². The maximum Gasteiger partial charge on any atom is 0.326 e. The first kappa shape index (κ1) is 33.2. The fourth-order valence-electron chi connectivity index (χ4n) is 4.32. The molecule has 0 aliphatic carbocycles. The lowest BCUT2D eigenvalue weighted by atomic mass is 9.97. The Hall–Kier alpha value is -2.86. The third-order valence-corrected chi connectivity index (χ3v) is 6.81. The molecule has 0 radical (unpaired) electrons. The van der Waals surface area contributed by atoms with Crippen molar-refractivity contribution in [3.8, 4) is 0 Å². The van der Waals surface area contributed by atoms with E-state index in [0.717, 1.165) is 0 Å². The van der Waals surface area contributed by atoms with E-state index in [4.69, 9.17) is 11.5 Å². The number of carboxylic acid groups (broad SMARTS) is 1. The summed E-state index contributed by atoms with van der Waals surface area (Å²) >= 11 is 0. The van der Waals surface area contributed by atoms with E-state index in [1.54, 1.807) is 48.5 Å². The normalized spacial score (nSPS) is 18.7. The highest BCUT2D eigenvalue weighted by atomic mass is 16.4. The second-order valence-electron chi connectivity index (χ2n) is 11.1. The minimum atomic E-state index is -1.49. The molecule has 1 aliphatic rings. The Morgan fingerprint density at radius 3 is 2.03 bits per heavy atom. The minimum absolute atomic E-state index is 0.0332. The predicted octanol–water partition coefficient (Wildman–Crippen LogP) is 0.262. The number of carbonyl (C=O) groups excluding carboxylic acids is 5. The summed E-state index contributed by atoms with van der Waals surface area (Å²) in [6.45, 7) is 12.1. The van der Waals surface area contributed by atoms with Gasteiger partial charge in [-0.15, -0.1) is 0 Å². The average molecular weight is 540 g/mol.